The molecule has 1 aromatic carbocycles. The van der Waals surface area contributed by atoms with Crippen LogP contribution in [0, 0.1) is 6.92 Å². The molecule has 1 N–H and O–H groups in total. The minimum atomic E-state index is -0.530. The van der Waals surface area contributed by atoms with E-state index in [0.717, 1.165) is 37.3 Å². The van der Waals surface area contributed by atoms with E-state index < -0.39 is 5.60 Å². The minimum Gasteiger partial charge on any atom is -0.389 e. The third kappa shape index (κ3) is 2.62. The van der Waals surface area contributed by atoms with Gasteiger partial charge in [0.1, 0.15) is 0 Å². The Labute approximate surface area is 113 Å². The number of aliphatic hydroxyl groups is 1. The summed E-state index contributed by atoms with van der Waals surface area (Å²) < 4.78 is 0. The highest BCUT2D eigenvalue weighted by atomic mass is 16.3. The molecular weight excluding hydrogens is 236 g/mol. The summed E-state index contributed by atoms with van der Waals surface area (Å²) in [6.45, 7) is 6.56. The van der Waals surface area contributed by atoms with Gasteiger partial charge in [0.25, 0.3) is 0 Å². The van der Waals surface area contributed by atoms with Crippen molar-refractivity contribution in [1.29, 1.82) is 0 Å². The number of benzene rings is 1. The van der Waals surface area contributed by atoms with E-state index in [0.29, 0.717) is 0 Å². The van der Waals surface area contributed by atoms with Crippen LogP contribution in [0.4, 0.5) is 0 Å². The molecule has 1 aromatic heterocycles. The van der Waals surface area contributed by atoms with Crippen LogP contribution in [0.15, 0.2) is 30.3 Å². The summed E-state index contributed by atoms with van der Waals surface area (Å²) in [6, 6.07) is 10.4. The van der Waals surface area contributed by atoms with Gasteiger partial charge in [-0.15, -0.1) is 0 Å². The minimum absolute atomic E-state index is 0.530. The molecule has 3 heteroatoms. The molecule has 3 nitrogen and oxygen atoms in total. The summed E-state index contributed by atoms with van der Waals surface area (Å²) in [5, 5.41) is 11.3. The lowest BCUT2D eigenvalue weighted by Gasteiger charge is -2.19. The molecular formula is C16H20N2O. The van der Waals surface area contributed by atoms with Crippen LogP contribution in [0.25, 0.3) is 10.9 Å². The van der Waals surface area contributed by atoms with Crippen LogP contribution in [0.3, 0.4) is 0 Å². The molecule has 1 unspecified atom stereocenters. The molecule has 0 bridgehead atoms. The Balaban J connectivity index is 1.92. The second-order valence-electron chi connectivity index (χ2n) is 5.90. The average molecular weight is 256 g/mol. The molecule has 19 heavy (non-hydrogen) atoms. The molecule has 0 spiro atoms. The van der Waals surface area contributed by atoms with Crippen LogP contribution >= 0.6 is 0 Å². The monoisotopic (exact) mass is 256 g/mol. The number of nitrogens with zero attached hydrogens (tertiary/aromatic N) is 2. The van der Waals surface area contributed by atoms with Gasteiger partial charge in [-0.1, -0.05) is 18.2 Å². The molecule has 0 saturated carbocycles. The second-order valence-corrected chi connectivity index (χ2v) is 5.90. The Hall–Kier alpha value is -1.45. The van der Waals surface area contributed by atoms with Gasteiger partial charge in [-0.25, -0.2) is 0 Å². The number of para-hydroxylation sites is 1. The first-order valence-electron chi connectivity index (χ1n) is 6.83. The Morgan fingerprint density at radius 1 is 1.37 bits per heavy atom. The van der Waals surface area contributed by atoms with Crippen molar-refractivity contribution >= 4 is 10.9 Å². The Kier molecular flexibility index (Phi) is 3.03. The molecule has 2 aromatic rings. The van der Waals surface area contributed by atoms with Gasteiger partial charge in [-0.2, -0.15) is 0 Å². The molecule has 2 heterocycles. The molecule has 1 fully saturated rings. The number of β-amino-alcohol motifs (C(OH)–C–C–N with tert-alkyl or cyclic N) is 1. The number of hydrogen-bond acceptors (Lipinski definition) is 3. The summed E-state index contributed by atoms with van der Waals surface area (Å²) in [5.74, 6) is 0. The number of hydrogen-bond donors (Lipinski definition) is 1. The molecule has 3 rings (SSSR count). The Morgan fingerprint density at radius 2 is 2.16 bits per heavy atom. The number of likely N-dealkylation sites (tertiary alicyclic amines) is 1. The average Bonchev–Trinajstić information content (AvgIpc) is 2.68. The van der Waals surface area contributed by atoms with Crippen molar-refractivity contribution in [3.05, 3.63) is 41.6 Å². The number of aryl methyl sites for hydroxylation is 1. The maximum absolute atomic E-state index is 10.1. The lowest BCUT2D eigenvalue weighted by molar-refractivity contribution is 0.0679. The van der Waals surface area contributed by atoms with Crippen molar-refractivity contribution in [1.82, 2.24) is 9.88 Å². The summed E-state index contributed by atoms with van der Waals surface area (Å²) in [7, 11) is 0. The fourth-order valence-electron chi connectivity index (χ4n) is 2.94. The zero-order valence-corrected chi connectivity index (χ0v) is 11.6. The molecule has 0 aliphatic carbocycles. The van der Waals surface area contributed by atoms with Crippen molar-refractivity contribution in [2.24, 2.45) is 0 Å². The largest absolute Gasteiger partial charge is 0.389 e. The molecule has 1 aliphatic rings. The van der Waals surface area contributed by atoms with Gasteiger partial charge in [-0.05, 0) is 38.0 Å². The van der Waals surface area contributed by atoms with Gasteiger partial charge < -0.3 is 5.11 Å². The van der Waals surface area contributed by atoms with Gasteiger partial charge in [0, 0.05) is 30.7 Å². The molecule has 100 valence electrons. The van der Waals surface area contributed by atoms with E-state index in [1.165, 1.54) is 10.9 Å². The van der Waals surface area contributed by atoms with Crippen molar-refractivity contribution < 1.29 is 5.11 Å². The molecule has 1 atom stereocenters. The highest BCUT2D eigenvalue weighted by molar-refractivity contribution is 5.82. The zero-order chi connectivity index (χ0) is 13.5. The predicted octanol–water partition coefficient (Wildman–Crippen LogP) is 2.50. The Morgan fingerprint density at radius 3 is 2.89 bits per heavy atom. The van der Waals surface area contributed by atoms with Crippen LogP contribution in [0.2, 0.25) is 0 Å². The van der Waals surface area contributed by atoms with E-state index in [1.807, 2.05) is 19.9 Å². The van der Waals surface area contributed by atoms with Crippen molar-refractivity contribution in [2.75, 3.05) is 13.1 Å². The first kappa shape index (κ1) is 12.6. The first-order chi connectivity index (χ1) is 9.03. The van der Waals surface area contributed by atoms with E-state index in [1.54, 1.807) is 0 Å². The number of aromatic nitrogens is 1. The van der Waals surface area contributed by atoms with Crippen LogP contribution in [0.1, 0.15) is 24.6 Å². The molecule has 0 amide bonds. The van der Waals surface area contributed by atoms with Crippen LogP contribution in [-0.2, 0) is 6.54 Å². The third-order valence-electron chi connectivity index (χ3n) is 3.85. The lowest BCUT2D eigenvalue weighted by Crippen LogP contribution is -2.29. The maximum atomic E-state index is 10.1. The standard InChI is InChI=1S/C16H20N2O/c1-12-9-13(10-18-8-7-16(2,19)11-18)14-5-3-4-6-15(14)17-12/h3-6,9,19H,7-8,10-11H2,1-2H3. The topological polar surface area (TPSA) is 36.4 Å². The quantitative estimate of drug-likeness (QED) is 0.897. The van der Waals surface area contributed by atoms with Crippen LogP contribution in [-0.4, -0.2) is 33.7 Å². The summed E-state index contributed by atoms with van der Waals surface area (Å²) in [4.78, 5) is 6.89. The third-order valence-corrected chi connectivity index (χ3v) is 3.85. The lowest BCUT2D eigenvalue weighted by atomic mass is 10.1. The van der Waals surface area contributed by atoms with Crippen molar-refractivity contribution in [3.63, 3.8) is 0 Å². The molecule has 0 radical (unpaired) electrons. The zero-order valence-electron chi connectivity index (χ0n) is 11.6. The number of pyridine rings is 1. The van der Waals surface area contributed by atoms with Crippen molar-refractivity contribution in [3.8, 4) is 0 Å². The highest BCUT2D eigenvalue weighted by Crippen LogP contribution is 2.25. The van der Waals surface area contributed by atoms with E-state index in [-0.39, 0.29) is 0 Å². The normalized spacial score (nSPS) is 24.2. The summed E-state index contributed by atoms with van der Waals surface area (Å²) in [6.07, 6.45) is 0.856. The van der Waals surface area contributed by atoms with E-state index in [2.05, 4.69) is 34.1 Å². The van der Waals surface area contributed by atoms with E-state index in [4.69, 9.17) is 0 Å². The maximum Gasteiger partial charge on any atom is 0.0758 e. The van der Waals surface area contributed by atoms with E-state index >= 15 is 0 Å². The van der Waals surface area contributed by atoms with Crippen molar-refractivity contribution in [2.45, 2.75) is 32.4 Å². The fourth-order valence-corrected chi connectivity index (χ4v) is 2.94. The van der Waals surface area contributed by atoms with Gasteiger partial charge in [0.2, 0.25) is 0 Å². The molecule has 1 aliphatic heterocycles. The second kappa shape index (κ2) is 4.58. The van der Waals surface area contributed by atoms with E-state index in [9.17, 15) is 5.11 Å². The van der Waals surface area contributed by atoms with Crippen LogP contribution in [0.5, 0.6) is 0 Å². The van der Waals surface area contributed by atoms with Gasteiger partial charge in [-0.3, -0.25) is 9.88 Å². The highest BCUT2D eigenvalue weighted by Gasteiger charge is 2.31. The fraction of sp³-hybridized carbons (Fsp3) is 0.438. The number of rotatable bonds is 2. The van der Waals surface area contributed by atoms with Gasteiger partial charge in [0.05, 0.1) is 11.1 Å². The summed E-state index contributed by atoms with van der Waals surface area (Å²) in [5.41, 5.74) is 2.89. The summed E-state index contributed by atoms with van der Waals surface area (Å²) >= 11 is 0. The van der Waals surface area contributed by atoms with Gasteiger partial charge in [0.15, 0.2) is 0 Å². The SMILES string of the molecule is Cc1cc(CN2CCC(C)(O)C2)c2ccccc2n1. The number of fused-ring (bicyclic) bond motifs is 1. The van der Waals surface area contributed by atoms with Gasteiger partial charge >= 0.3 is 0 Å². The predicted molar refractivity (Wildman–Crippen MR) is 77.0 cm³/mol. The molecule has 1 saturated heterocycles. The first-order valence-corrected chi connectivity index (χ1v) is 6.83. The smallest absolute Gasteiger partial charge is 0.0758 e. The van der Waals surface area contributed by atoms with Crippen LogP contribution < -0.4 is 0 Å². The Bertz CT molecular complexity index is 607.